The third-order valence-electron chi connectivity index (χ3n) is 5.85. The molecule has 0 spiro atoms. The molecule has 5 heteroatoms. The zero-order chi connectivity index (χ0) is 20.2. The molecule has 2 aromatic carbocycles. The van der Waals surface area contributed by atoms with Crippen molar-refractivity contribution < 1.29 is 4.74 Å². The Hall–Kier alpha value is -2.95. The molecule has 1 aromatic heterocycles. The molecule has 0 bridgehead atoms. The lowest BCUT2D eigenvalue weighted by atomic mass is 9.86. The van der Waals surface area contributed by atoms with E-state index in [0.29, 0.717) is 5.92 Å². The van der Waals surface area contributed by atoms with Crippen LogP contribution in [0.4, 0.5) is 0 Å². The van der Waals surface area contributed by atoms with Crippen LogP contribution >= 0.6 is 0 Å². The first kappa shape index (κ1) is 19.4. The van der Waals surface area contributed by atoms with Gasteiger partial charge in [-0.1, -0.05) is 48.4 Å². The number of nitrogens with zero attached hydrogens (tertiary/aromatic N) is 3. The smallest absolute Gasteiger partial charge is 0.121 e. The molecule has 1 fully saturated rings. The van der Waals surface area contributed by atoms with Crippen LogP contribution in [0.5, 0.6) is 5.75 Å². The molecule has 0 saturated heterocycles. The number of benzene rings is 2. The predicted molar refractivity (Wildman–Crippen MR) is 117 cm³/mol. The lowest BCUT2D eigenvalue weighted by Gasteiger charge is -2.24. The van der Waals surface area contributed by atoms with Crippen LogP contribution in [-0.4, -0.2) is 19.1 Å². The minimum atomic E-state index is 0.00325. The summed E-state index contributed by atoms with van der Waals surface area (Å²) in [5.41, 5.74) is 9.03. The van der Waals surface area contributed by atoms with Crippen molar-refractivity contribution in [3.8, 4) is 16.9 Å². The molecule has 3 aromatic rings. The van der Waals surface area contributed by atoms with Crippen molar-refractivity contribution in [2.45, 2.75) is 44.6 Å². The highest BCUT2D eigenvalue weighted by molar-refractivity contribution is 5.97. The molecular weight excluding hydrogens is 360 g/mol. The fourth-order valence-electron chi connectivity index (χ4n) is 4.48. The number of methoxy groups -OCH3 is 1. The van der Waals surface area contributed by atoms with E-state index in [1.165, 1.54) is 48.1 Å². The Morgan fingerprint density at radius 1 is 1.10 bits per heavy atom. The van der Waals surface area contributed by atoms with E-state index in [1.54, 1.807) is 14.2 Å². The summed E-state index contributed by atoms with van der Waals surface area (Å²) >= 11 is 0. The van der Waals surface area contributed by atoms with Gasteiger partial charge in [-0.25, -0.2) is 0 Å². The van der Waals surface area contributed by atoms with Crippen molar-refractivity contribution >= 4 is 10.9 Å². The van der Waals surface area contributed by atoms with E-state index in [-0.39, 0.29) is 6.04 Å². The first-order valence-corrected chi connectivity index (χ1v) is 10.3. The third kappa shape index (κ3) is 3.82. The van der Waals surface area contributed by atoms with Crippen molar-refractivity contribution in [2.24, 2.45) is 10.3 Å². The standard InChI is InChI=1S/C24H28N4O/c1-16(27-28-25-2)22-23(17-9-5-4-6-10-17)20-14-13-19(29-3)15-21(20)26-24(22)18-11-7-8-12-18/h4-6,9-10,13-16,18H,7-8,11-12H2,1-3H3,(H,25,27). The zero-order valence-corrected chi connectivity index (χ0v) is 17.4. The molecule has 1 saturated carbocycles. The second kappa shape index (κ2) is 8.60. The molecule has 1 N–H and O–H groups in total. The average molecular weight is 389 g/mol. The summed E-state index contributed by atoms with van der Waals surface area (Å²) in [6.45, 7) is 2.14. The van der Waals surface area contributed by atoms with Crippen LogP contribution in [0.3, 0.4) is 0 Å². The summed E-state index contributed by atoms with van der Waals surface area (Å²) < 4.78 is 5.48. The van der Waals surface area contributed by atoms with Crippen molar-refractivity contribution in [1.29, 1.82) is 0 Å². The van der Waals surface area contributed by atoms with Gasteiger partial charge in [0.05, 0.1) is 31.4 Å². The van der Waals surface area contributed by atoms with E-state index in [0.717, 1.165) is 16.7 Å². The first-order valence-electron chi connectivity index (χ1n) is 10.3. The zero-order valence-electron chi connectivity index (χ0n) is 17.4. The van der Waals surface area contributed by atoms with Crippen LogP contribution in [-0.2, 0) is 0 Å². The second-order valence-corrected chi connectivity index (χ2v) is 7.67. The molecule has 1 aliphatic rings. The number of ether oxygens (including phenoxy) is 1. The number of pyridine rings is 1. The van der Waals surface area contributed by atoms with E-state index in [4.69, 9.17) is 9.72 Å². The molecule has 4 rings (SSSR count). The highest BCUT2D eigenvalue weighted by Gasteiger charge is 2.28. The fourth-order valence-corrected chi connectivity index (χ4v) is 4.48. The molecule has 1 atom stereocenters. The number of hydrogen-bond acceptors (Lipinski definition) is 4. The minimum absolute atomic E-state index is 0.00325. The van der Waals surface area contributed by atoms with Crippen LogP contribution in [0.2, 0.25) is 0 Å². The Labute approximate surface area is 172 Å². The van der Waals surface area contributed by atoms with E-state index < -0.39 is 0 Å². The highest BCUT2D eigenvalue weighted by Crippen LogP contribution is 2.43. The predicted octanol–water partition coefficient (Wildman–Crippen LogP) is 6.22. The van der Waals surface area contributed by atoms with Gasteiger partial charge in [-0.05, 0) is 43.0 Å². The number of rotatable bonds is 6. The van der Waals surface area contributed by atoms with E-state index in [1.807, 2.05) is 12.1 Å². The maximum absolute atomic E-state index is 5.48. The summed E-state index contributed by atoms with van der Waals surface area (Å²) in [6.07, 6.45) is 4.90. The molecule has 0 amide bonds. The van der Waals surface area contributed by atoms with Crippen molar-refractivity contribution in [2.75, 3.05) is 14.2 Å². The van der Waals surface area contributed by atoms with Gasteiger partial charge >= 0.3 is 0 Å². The lowest BCUT2D eigenvalue weighted by molar-refractivity contribution is 0.415. The van der Waals surface area contributed by atoms with Crippen LogP contribution in [0.1, 0.15) is 55.8 Å². The van der Waals surface area contributed by atoms with E-state index in [2.05, 4.69) is 59.1 Å². The summed E-state index contributed by atoms with van der Waals surface area (Å²) in [4.78, 5) is 5.19. The third-order valence-corrected chi connectivity index (χ3v) is 5.85. The van der Waals surface area contributed by atoms with Gasteiger partial charge in [0.1, 0.15) is 5.75 Å². The van der Waals surface area contributed by atoms with Gasteiger partial charge in [-0.15, -0.1) is 0 Å². The topological polar surface area (TPSA) is 58.9 Å². The van der Waals surface area contributed by atoms with Crippen molar-refractivity contribution in [3.05, 3.63) is 59.8 Å². The quantitative estimate of drug-likeness (QED) is 0.403. The van der Waals surface area contributed by atoms with Gasteiger partial charge < -0.3 is 4.74 Å². The summed E-state index contributed by atoms with van der Waals surface area (Å²) in [6, 6.07) is 16.8. The van der Waals surface area contributed by atoms with Crippen LogP contribution in [0.25, 0.3) is 22.0 Å². The normalized spacial score (nSPS) is 15.8. The molecule has 0 aliphatic heterocycles. The summed E-state index contributed by atoms with van der Waals surface area (Å²) in [5, 5.41) is 9.11. The molecule has 29 heavy (non-hydrogen) atoms. The lowest BCUT2D eigenvalue weighted by Crippen LogP contribution is -2.17. The number of hydrogen-bond donors (Lipinski definition) is 1. The van der Waals surface area contributed by atoms with Crippen molar-refractivity contribution in [1.82, 2.24) is 10.4 Å². The number of aromatic nitrogens is 1. The van der Waals surface area contributed by atoms with E-state index >= 15 is 0 Å². The first-order chi connectivity index (χ1) is 14.2. The summed E-state index contributed by atoms with van der Waals surface area (Å²) in [7, 11) is 3.38. The maximum Gasteiger partial charge on any atom is 0.121 e. The van der Waals surface area contributed by atoms with Gasteiger partial charge in [0.2, 0.25) is 0 Å². The van der Waals surface area contributed by atoms with E-state index in [9.17, 15) is 0 Å². The number of fused-ring (bicyclic) bond motifs is 1. The van der Waals surface area contributed by atoms with Crippen LogP contribution in [0.15, 0.2) is 58.9 Å². The molecular formula is C24H28N4O. The Morgan fingerprint density at radius 3 is 2.55 bits per heavy atom. The Kier molecular flexibility index (Phi) is 5.74. The Morgan fingerprint density at radius 2 is 1.86 bits per heavy atom. The van der Waals surface area contributed by atoms with Gasteiger partial charge in [0, 0.05) is 22.9 Å². The minimum Gasteiger partial charge on any atom is -0.497 e. The van der Waals surface area contributed by atoms with Gasteiger partial charge in [-0.3, -0.25) is 10.4 Å². The SMILES string of the molecule is CN=NNC(C)c1c(C2CCCC2)nc2cc(OC)ccc2c1-c1ccccc1. The molecule has 1 aliphatic carbocycles. The molecule has 1 unspecified atom stereocenters. The second-order valence-electron chi connectivity index (χ2n) is 7.67. The maximum atomic E-state index is 5.48. The molecule has 150 valence electrons. The fraction of sp³-hybridized carbons (Fsp3) is 0.375. The Bertz CT molecular complexity index is 1010. The van der Waals surface area contributed by atoms with Gasteiger partial charge in [-0.2, -0.15) is 5.11 Å². The molecule has 5 nitrogen and oxygen atoms in total. The average Bonchev–Trinajstić information content (AvgIpc) is 3.31. The summed E-state index contributed by atoms with van der Waals surface area (Å²) in [5.74, 6) is 1.31. The van der Waals surface area contributed by atoms with Crippen molar-refractivity contribution in [3.63, 3.8) is 0 Å². The monoisotopic (exact) mass is 388 g/mol. The van der Waals surface area contributed by atoms with Crippen LogP contribution < -0.4 is 10.2 Å². The van der Waals surface area contributed by atoms with Crippen LogP contribution in [0, 0.1) is 0 Å². The number of nitrogens with one attached hydrogen (secondary N) is 1. The van der Waals surface area contributed by atoms with Gasteiger partial charge in [0.15, 0.2) is 0 Å². The largest absolute Gasteiger partial charge is 0.497 e. The Balaban J connectivity index is 2.04. The van der Waals surface area contributed by atoms with Gasteiger partial charge in [0.25, 0.3) is 0 Å². The molecule has 1 heterocycles. The molecule has 0 radical (unpaired) electrons. The highest BCUT2D eigenvalue weighted by atomic mass is 16.5.